The number of thioether (sulfide) groups is 1. The predicted molar refractivity (Wildman–Crippen MR) is 73.1 cm³/mol. The van der Waals surface area contributed by atoms with Crippen LogP contribution in [0.25, 0.3) is 0 Å². The Morgan fingerprint density at radius 2 is 2.25 bits per heavy atom. The van der Waals surface area contributed by atoms with Crippen LogP contribution < -0.4 is 5.32 Å². The third kappa shape index (κ3) is 3.38. The molecule has 2 rings (SSSR count). The Hall–Kier alpha value is 0.270. The van der Waals surface area contributed by atoms with E-state index >= 15 is 0 Å². The molecule has 0 radical (unpaired) electrons. The van der Waals surface area contributed by atoms with Crippen LogP contribution in [0.1, 0.15) is 33.6 Å². The zero-order chi connectivity index (χ0) is 11.5. The van der Waals surface area contributed by atoms with E-state index in [-0.39, 0.29) is 0 Å². The lowest BCUT2D eigenvalue weighted by atomic mass is 10.1. The fourth-order valence-electron chi connectivity index (χ4n) is 2.79. The average molecular weight is 242 g/mol. The van der Waals surface area contributed by atoms with Crippen LogP contribution in [0.4, 0.5) is 0 Å². The van der Waals surface area contributed by atoms with E-state index in [1.807, 2.05) is 0 Å². The molecule has 0 aromatic heterocycles. The second kappa shape index (κ2) is 5.74. The van der Waals surface area contributed by atoms with Crippen molar-refractivity contribution in [1.82, 2.24) is 10.2 Å². The number of hydrogen-bond donors (Lipinski definition) is 1. The van der Waals surface area contributed by atoms with Crippen LogP contribution in [0.3, 0.4) is 0 Å². The molecule has 2 fully saturated rings. The predicted octanol–water partition coefficient (Wildman–Crippen LogP) is 2.20. The summed E-state index contributed by atoms with van der Waals surface area (Å²) in [4.78, 5) is 2.61. The first-order chi connectivity index (χ1) is 7.65. The van der Waals surface area contributed by atoms with Gasteiger partial charge in [-0.05, 0) is 45.7 Å². The van der Waals surface area contributed by atoms with Crippen LogP contribution in [0.5, 0.6) is 0 Å². The van der Waals surface area contributed by atoms with Crippen molar-refractivity contribution in [2.24, 2.45) is 5.92 Å². The quantitative estimate of drug-likeness (QED) is 0.813. The topological polar surface area (TPSA) is 15.3 Å². The van der Waals surface area contributed by atoms with Gasteiger partial charge in [-0.1, -0.05) is 6.92 Å². The summed E-state index contributed by atoms with van der Waals surface area (Å²) < 4.78 is 0. The van der Waals surface area contributed by atoms with Gasteiger partial charge in [0.2, 0.25) is 0 Å². The molecule has 3 atom stereocenters. The van der Waals surface area contributed by atoms with Gasteiger partial charge in [0.15, 0.2) is 0 Å². The Kier molecular flexibility index (Phi) is 4.57. The van der Waals surface area contributed by atoms with Gasteiger partial charge in [-0.25, -0.2) is 0 Å². The molecule has 1 N–H and O–H groups in total. The standard InChI is InChI=1S/C13H26N2S/c1-10(2)15-5-4-12(8-15)7-14-13-6-11(3)16-9-13/h10-14H,4-9H2,1-3H3. The third-order valence-electron chi connectivity index (χ3n) is 3.94. The van der Waals surface area contributed by atoms with Crippen LogP contribution in [0, 0.1) is 5.92 Å². The van der Waals surface area contributed by atoms with Crippen molar-refractivity contribution in [3.8, 4) is 0 Å². The van der Waals surface area contributed by atoms with Crippen molar-refractivity contribution in [3.63, 3.8) is 0 Å². The molecule has 0 aromatic rings. The van der Waals surface area contributed by atoms with Gasteiger partial charge < -0.3 is 10.2 Å². The van der Waals surface area contributed by atoms with E-state index in [2.05, 4.69) is 42.7 Å². The van der Waals surface area contributed by atoms with Gasteiger partial charge in [-0.15, -0.1) is 0 Å². The maximum atomic E-state index is 3.77. The molecule has 2 aliphatic rings. The Labute approximate surface area is 105 Å². The summed E-state index contributed by atoms with van der Waals surface area (Å²) in [6, 6.07) is 1.51. The molecule has 0 amide bonds. The minimum atomic E-state index is 0.729. The Bertz CT molecular complexity index is 220. The van der Waals surface area contributed by atoms with E-state index in [4.69, 9.17) is 0 Å². The average Bonchev–Trinajstić information content (AvgIpc) is 2.83. The van der Waals surface area contributed by atoms with Gasteiger partial charge in [0.25, 0.3) is 0 Å². The van der Waals surface area contributed by atoms with Crippen LogP contribution >= 0.6 is 11.8 Å². The summed E-state index contributed by atoms with van der Waals surface area (Å²) >= 11 is 2.12. The van der Waals surface area contributed by atoms with Gasteiger partial charge >= 0.3 is 0 Å². The highest BCUT2D eigenvalue weighted by molar-refractivity contribution is 8.00. The largest absolute Gasteiger partial charge is 0.313 e. The van der Waals surface area contributed by atoms with Gasteiger partial charge in [0, 0.05) is 29.6 Å². The highest BCUT2D eigenvalue weighted by Gasteiger charge is 2.26. The molecular weight excluding hydrogens is 216 g/mol. The van der Waals surface area contributed by atoms with E-state index in [0.29, 0.717) is 0 Å². The lowest BCUT2D eigenvalue weighted by molar-refractivity contribution is 0.263. The third-order valence-corrected chi connectivity index (χ3v) is 5.30. The Balaban J connectivity index is 1.64. The number of likely N-dealkylation sites (tertiary alicyclic amines) is 1. The molecule has 3 unspecified atom stereocenters. The van der Waals surface area contributed by atoms with E-state index in [9.17, 15) is 0 Å². The molecule has 0 bridgehead atoms. The molecule has 2 saturated heterocycles. The van der Waals surface area contributed by atoms with E-state index < -0.39 is 0 Å². The molecule has 94 valence electrons. The molecule has 2 aliphatic heterocycles. The monoisotopic (exact) mass is 242 g/mol. The molecule has 0 saturated carbocycles. The summed E-state index contributed by atoms with van der Waals surface area (Å²) in [6.07, 6.45) is 2.76. The summed E-state index contributed by atoms with van der Waals surface area (Å²) in [5.74, 6) is 2.21. The van der Waals surface area contributed by atoms with E-state index in [1.54, 1.807) is 0 Å². The first-order valence-corrected chi connectivity index (χ1v) is 7.79. The van der Waals surface area contributed by atoms with Crippen molar-refractivity contribution in [2.45, 2.75) is 50.9 Å². The second-order valence-corrected chi connectivity index (χ2v) is 7.20. The van der Waals surface area contributed by atoms with E-state index in [1.165, 1.54) is 38.2 Å². The van der Waals surface area contributed by atoms with Crippen molar-refractivity contribution in [1.29, 1.82) is 0 Å². The highest BCUT2D eigenvalue weighted by atomic mass is 32.2. The van der Waals surface area contributed by atoms with Crippen molar-refractivity contribution in [2.75, 3.05) is 25.4 Å². The fourth-order valence-corrected chi connectivity index (χ4v) is 3.97. The molecule has 0 aliphatic carbocycles. The molecule has 0 aromatic carbocycles. The zero-order valence-electron chi connectivity index (χ0n) is 10.9. The van der Waals surface area contributed by atoms with Crippen LogP contribution in [0.15, 0.2) is 0 Å². The van der Waals surface area contributed by atoms with Crippen LogP contribution in [-0.2, 0) is 0 Å². The van der Waals surface area contributed by atoms with Gasteiger partial charge in [0.1, 0.15) is 0 Å². The van der Waals surface area contributed by atoms with Crippen LogP contribution in [-0.4, -0.2) is 47.6 Å². The number of nitrogens with zero attached hydrogens (tertiary/aromatic N) is 1. The smallest absolute Gasteiger partial charge is 0.0168 e. The number of hydrogen-bond acceptors (Lipinski definition) is 3. The maximum absolute atomic E-state index is 3.77. The molecule has 0 spiro atoms. The van der Waals surface area contributed by atoms with Gasteiger partial charge in [0.05, 0.1) is 0 Å². The lowest BCUT2D eigenvalue weighted by Gasteiger charge is -2.21. The highest BCUT2D eigenvalue weighted by Crippen LogP contribution is 2.26. The summed E-state index contributed by atoms with van der Waals surface area (Å²) in [5.41, 5.74) is 0. The lowest BCUT2D eigenvalue weighted by Crippen LogP contribution is -2.35. The van der Waals surface area contributed by atoms with Crippen molar-refractivity contribution >= 4 is 11.8 Å². The molecule has 2 heterocycles. The SMILES string of the molecule is CC1CC(NCC2CCN(C(C)C)C2)CS1. The normalized spacial score (nSPS) is 36.4. The second-order valence-electron chi connectivity index (χ2n) is 5.73. The molecule has 2 nitrogen and oxygen atoms in total. The molecule has 3 heteroatoms. The summed E-state index contributed by atoms with van der Waals surface area (Å²) in [6.45, 7) is 10.8. The number of nitrogens with one attached hydrogen (secondary N) is 1. The molecule has 16 heavy (non-hydrogen) atoms. The minimum absolute atomic E-state index is 0.729. The fraction of sp³-hybridized carbons (Fsp3) is 1.00. The first kappa shape index (κ1) is 12.7. The number of rotatable bonds is 4. The van der Waals surface area contributed by atoms with Crippen molar-refractivity contribution in [3.05, 3.63) is 0 Å². The Morgan fingerprint density at radius 3 is 2.81 bits per heavy atom. The minimum Gasteiger partial charge on any atom is -0.313 e. The Morgan fingerprint density at radius 1 is 1.44 bits per heavy atom. The van der Waals surface area contributed by atoms with Crippen LogP contribution in [0.2, 0.25) is 0 Å². The first-order valence-electron chi connectivity index (χ1n) is 6.74. The van der Waals surface area contributed by atoms with E-state index in [0.717, 1.165) is 23.3 Å². The van der Waals surface area contributed by atoms with Gasteiger partial charge in [-0.3, -0.25) is 0 Å². The summed E-state index contributed by atoms with van der Waals surface area (Å²) in [5, 5.41) is 4.63. The summed E-state index contributed by atoms with van der Waals surface area (Å²) in [7, 11) is 0. The maximum Gasteiger partial charge on any atom is 0.0168 e. The zero-order valence-corrected chi connectivity index (χ0v) is 11.7. The molecular formula is C13H26N2S. The van der Waals surface area contributed by atoms with Crippen molar-refractivity contribution < 1.29 is 0 Å². The van der Waals surface area contributed by atoms with Gasteiger partial charge in [-0.2, -0.15) is 11.8 Å².